The van der Waals surface area contributed by atoms with E-state index in [2.05, 4.69) is 55.3 Å². The van der Waals surface area contributed by atoms with Gasteiger partial charge in [-0.3, -0.25) is 0 Å². The Labute approximate surface area is 105 Å². The standard InChI is InChI=1S/C16H21N/c1-13(2)16-7-5-14(6-8-16)3-4-15-9-11-17-12-10-15/h5-8,13,15,17H,9-12H2,1-2H3. The molecule has 0 aliphatic carbocycles. The molecule has 0 aromatic heterocycles. The van der Waals surface area contributed by atoms with E-state index in [-0.39, 0.29) is 0 Å². The summed E-state index contributed by atoms with van der Waals surface area (Å²) in [7, 11) is 0. The van der Waals surface area contributed by atoms with E-state index >= 15 is 0 Å². The molecule has 1 nitrogen and oxygen atoms in total. The zero-order valence-electron chi connectivity index (χ0n) is 10.8. The van der Waals surface area contributed by atoms with Crippen molar-refractivity contribution in [3.05, 3.63) is 35.4 Å². The quantitative estimate of drug-likeness (QED) is 0.727. The van der Waals surface area contributed by atoms with E-state index in [1.807, 2.05) is 0 Å². The van der Waals surface area contributed by atoms with Crippen molar-refractivity contribution >= 4 is 0 Å². The van der Waals surface area contributed by atoms with Crippen LogP contribution < -0.4 is 5.32 Å². The van der Waals surface area contributed by atoms with Gasteiger partial charge in [-0.1, -0.05) is 37.8 Å². The van der Waals surface area contributed by atoms with Gasteiger partial charge in [-0.05, 0) is 49.5 Å². The van der Waals surface area contributed by atoms with E-state index in [1.54, 1.807) is 0 Å². The molecule has 1 aromatic carbocycles. The summed E-state index contributed by atoms with van der Waals surface area (Å²) in [6.45, 7) is 6.67. The van der Waals surface area contributed by atoms with Crippen LogP contribution in [0.3, 0.4) is 0 Å². The molecule has 0 radical (unpaired) electrons. The first-order chi connectivity index (χ1) is 8.25. The number of hydrogen-bond acceptors (Lipinski definition) is 1. The monoisotopic (exact) mass is 227 g/mol. The zero-order valence-corrected chi connectivity index (χ0v) is 10.8. The molecule has 17 heavy (non-hydrogen) atoms. The number of nitrogens with one attached hydrogen (secondary N) is 1. The third-order valence-corrected chi connectivity index (χ3v) is 3.34. The van der Waals surface area contributed by atoms with Gasteiger partial charge in [0.15, 0.2) is 0 Å². The average Bonchev–Trinajstić information content (AvgIpc) is 2.38. The van der Waals surface area contributed by atoms with Crippen molar-refractivity contribution in [3.63, 3.8) is 0 Å². The van der Waals surface area contributed by atoms with Crippen LogP contribution in [0.1, 0.15) is 43.7 Å². The molecule has 1 saturated heterocycles. The molecule has 1 fully saturated rings. The summed E-state index contributed by atoms with van der Waals surface area (Å²) in [4.78, 5) is 0. The van der Waals surface area contributed by atoms with Crippen LogP contribution in [0.15, 0.2) is 24.3 Å². The third kappa shape index (κ3) is 3.61. The summed E-state index contributed by atoms with van der Waals surface area (Å²) in [5, 5.41) is 3.37. The lowest BCUT2D eigenvalue weighted by molar-refractivity contribution is 0.447. The summed E-state index contributed by atoms with van der Waals surface area (Å²) in [5.74, 6) is 7.88. The van der Waals surface area contributed by atoms with E-state index in [1.165, 1.54) is 18.4 Å². The predicted molar refractivity (Wildman–Crippen MR) is 73.0 cm³/mol. The minimum atomic E-state index is 0.584. The first-order valence-corrected chi connectivity index (χ1v) is 6.58. The van der Waals surface area contributed by atoms with E-state index in [4.69, 9.17) is 0 Å². The Balaban J connectivity index is 2.00. The molecule has 1 aromatic rings. The van der Waals surface area contributed by atoms with Crippen molar-refractivity contribution < 1.29 is 0 Å². The normalized spacial score (nSPS) is 16.6. The molecular formula is C16H21N. The van der Waals surface area contributed by atoms with Crippen molar-refractivity contribution in [2.45, 2.75) is 32.6 Å². The molecule has 2 rings (SSSR count). The Morgan fingerprint density at radius 3 is 2.35 bits per heavy atom. The smallest absolute Gasteiger partial charge is 0.0245 e. The van der Waals surface area contributed by atoms with Gasteiger partial charge < -0.3 is 5.32 Å². The first kappa shape index (κ1) is 12.2. The maximum absolute atomic E-state index is 3.40. The topological polar surface area (TPSA) is 12.0 Å². The largest absolute Gasteiger partial charge is 0.317 e. The van der Waals surface area contributed by atoms with Crippen molar-refractivity contribution in [2.24, 2.45) is 5.92 Å². The molecule has 0 unspecified atom stereocenters. The Morgan fingerprint density at radius 2 is 1.76 bits per heavy atom. The van der Waals surface area contributed by atoms with Gasteiger partial charge in [-0.25, -0.2) is 0 Å². The van der Waals surface area contributed by atoms with Crippen molar-refractivity contribution in [3.8, 4) is 11.8 Å². The second-order valence-electron chi connectivity index (χ2n) is 5.07. The highest BCUT2D eigenvalue weighted by molar-refractivity contribution is 5.37. The van der Waals surface area contributed by atoms with Gasteiger partial charge in [0.1, 0.15) is 0 Å². The molecule has 0 spiro atoms. The minimum absolute atomic E-state index is 0.584. The van der Waals surface area contributed by atoms with Gasteiger partial charge in [0.05, 0.1) is 0 Å². The van der Waals surface area contributed by atoms with Crippen LogP contribution in [-0.2, 0) is 0 Å². The predicted octanol–water partition coefficient (Wildman–Crippen LogP) is 3.16. The highest BCUT2D eigenvalue weighted by atomic mass is 14.9. The molecule has 0 amide bonds. The molecule has 0 saturated carbocycles. The van der Waals surface area contributed by atoms with Crippen LogP contribution in [0.5, 0.6) is 0 Å². The Bertz CT molecular complexity index is 399. The Morgan fingerprint density at radius 1 is 1.12 bits per heavy atom. The van der Waals surface area contributed by atoms with Gasteiger partial charge in [-0.2, -0.15) is 0 Å². The highest BCUT2D eigenvalue weighted by Gasteiger charge is 2.09. The summed E-state index contributed by atoms with van der Waals surface area (Å²) in [6, 6.07) is 8.67. The minimum Gasteiger partial charge on any atom is -0.317 e. The maximum atomic E-state index is 3.40. The fraction of sp³-hybridized carbons (Fsp3) is 0.500. The van der Waals surface area contributed by atoms with Crippen LogP contribution >= 0.6 is 0 Å². The lowest BCUT2D eigenvalue weighted by Gasteiger charge is -2.17. The second-order valence-corrected chi connectivity index (χ2v) is 5.07. The van der Waals surface area contributed by atoms with Gasteiger partial charge in [0.25, 0.3) is 0 Å². The summed E-state index contributed by atoms with van der Waals surface area (Å²) in [5.41, 5.74) is 2.53. The summed E-state index contributed by atoms with van der Waals surface area (Å²) >= 11 is 0. The van der Waals surface area contributed by atoms with Gasteiger partial charge in [0.2, 0.25) is 0 Å². The molecule has 90 valence electrons. The van der Waals surface area contributed by atoms with Crippen LogP contribution in [0.4, 0.5) is 0 Å². The molecule has 1 heterocycles. The average molecular weight is 227 g/mol. The first-order valence-electron chi connectivity index (χ1n) is 6.58. The zero-order chi connectivity index (χ0) is 12.1. The molecule has 1 heteroatoms. The molecule has 0 atom stereocenters. The lowest BCUT2D eigenvalue weighted by Crippen LogP contribution is -2.26. The van der Waals surface area contributed by atoms with Crippen molar-refractivity contribution in [1.82, 2.24) is 5.32 Å². The number of rotatable bonds is 1. The van der Waals surface area contributed by atoms with Gasteiger partial charge >= 0.3 is 0 Å². The van der Waals surface area contributed by atoms with Crippen LogP contribution in [-0.4, -0.2) is 13.1 Å². The van der Waals surface area contributed by atoms with Crippen LogP contribution in [0.25, 0.3) is 0 Å². The lowest BCUT2D eigenvalue weighted by atomic mass is 9.98. The van der Waals surface area contributed by atoms with Crippen LogP contribution in [0.2, 0.25) is 0 Å². The highest BCUT2D eigenvalue weighted by Crippen LogP contribution is 2.15. The number of piperidine rings is 1. The summed E-state index contributed by atoms with van der Waals surface area (Å²) in [6.07, 6.45) is 2.38. The van der Waals surface area contributed by atoms with Crippen molar-refractivity contribution in [1.29, 1.82) is 0 Å². The maximum Gasteiger partial charge on any atom is 0.0245 e. The van der Waals surface area contributed by atoms with Gasteiger partial charge in [0, 0.05) is 11.5 Å². The van der Waals surface area contributed by atoms with E-state index < -0.39 is 0 Å². The molecule has 1 N–H and O–H groups in total. The van der Waals surface area contributed by atoms with Crippen molar-refractivity contribution in [2.75, 3.05) is 13.1 Å². The van der Waals surface area contributed by atoms with E-state index in [0.717, 1.165) is 18.7 Å². The SMILES string of the molecule is CC(C)c1ccc(C#CC2CCNCC2)cc1. The fourth-order valence-corrected chi connectivity index (χ4v) is 2.10. The third-order valence-electron chi connectivity index (χ3n) is 3.34. The van der Waals surface area contributed by atoms with Crippen LogP contribution in [0, 0.1) is 17.8 Å². The van der Waals surface area contributed by atoms with Gasteiger partial charge in [-0.15, -0.1) is 0 Å². The molecular weight excluding hydrogens is 206 g/mol. The second kappa shape index (κ2) is 5.89. The number of benzene rings is 1. The van der Waals surface area contributed by atoms with E-state index in [0.29, 0.717) is 11.8 Å². The number of hydrogen-bond donors (Lipinski definition) is 1. The summed E-state index contributed by atoms with van der Waals surface area (Å²) < 4.78 is 0. The Hall–Kier alpha value is -1.26. The molecule has 0 bridgehead atoms. The molecule has 1 aliphatic heterocycles. The fourth-order valence-electron chi connectivity index (χ4n) is 2.10. The molecule has 1 aliphatic rings. The van der Waals surface area contributed by atoms with E-state index in [9.17, 15) is 0 Å². The Kier molecular flexibility index (Phi) is 4.23.